The van der Waals surface area contributed by atoms with Crippen molar-refractivity contribution in [3.63, 3.8) is 0 Å². The lowest BCUT2D eigenvalue weighted by Crippen LogP contribution is -2.31. The van der Waals surface area contributed by atoms with Crippen LogP contribution < -0.4 is 5.32 Å². The molecule has 0 aliphatic carbocycles. The van der Waals surface area contributed by atoms with E-state index in [1.807, 2.05) is 27.7 Å². The monoisotopic (exact) mass is 271 g/mol. The van der Waals surface area contributed by atoms with Gasteiger partial charge in [-0.05, 0) is 24.5 Å². The summed E-state index contributed by atoms with van der Waals surface area (Å²) >= 11 is 0. The van der Waals surface area contributed by atoms with Crippen molar-refractivity contribution in [1.29, 1.82) is 0 Å². The maximum atomic E-state index is 13.9. The van der Waals surface area contributed by atoms with Crippen LogP contribution in [0.1, 0.15) is 38.1 Å². The number of carbonyl (C=O) groups excluding carboxylic acids is 1. The smallest absolute Gasteiger partial charge is 0.340 e. The predicted molar refractivity (Wildman–Crippen MR) is 70.2 cm³/mol. The van der Waals surface area contributed by atoms with E-state index in [1.54, 1.807) is 0 Å². The van der Waals surface area contributed by atoms with Crippen LogP contribution >= 0.6 is 0 Å². The molecule has 3 nitrogen and oxygen atoms in total. The molecule has 0 amide bonds. The van der Waals surface area contributed by atoms with Crippen LogP contribution in [-0.2, 0) is 4.74 Å². The molecule has 0 aliphatic rings. The highest BCUT2D eigenvalue weighted by Gasteiger charge is 2.23. The molecule has 0 radical (unpaired) electrons. The number of halogens is 2. The number of methoxy groups -OCH3 is 1. The zero-order chi connectivity index (χ0) is 14.8. The number of nitrogens with one attached hydrogen (secondary N) is 1. The topological polar surface area (TPSA) is 38.3 Å². The average molecular weight is 271 g/mol. The highest BCUT2D eigenvalue weighted by Crippen LogP contribution is 2.26. The summed E-state index contributed by atoms with van der Waals surface area (Å²) in [7, 11) is 1.12. The van der Waals surface area contributed by atoms with Gasteiger partial charge in [-0.3, -0.25) is 0 Å². The van der Waals surface area contributed by atoms with E-state index in [9.17, 15) is 13.6 Å². The second kappa shape index (κ2) is 5.55. The first-order valence-electron chi connectivity index (χ1n) is 6.01. The Labute approximate surface area is 112 Å². The van der Waals surface area contributed by atoms with Crippen LogP contribution in [0.2, 0.25) is 0 Å². The highest BCUT2D eigenvalue weighted by molar-refractivity contribution is 5.90. The van der Waals surface area contributed by atoms with Crippen molar-refractivity contribution >= 4 is 11.7 Å². The molecule has 1 N–H and O–H groups in total. The lowest BCUT2D eigenvalue weighted by atomic mass is 9.88. The maximum absolute atomic E-state index is 13.9. The van der Waals surface area contributed by atoms with Gasteiger partial charge in [-0.15, -0.1) is 0 Å². The van der Waals surface area contributed by atoms with Crippen molar-refractivity contribution in [3.8, 4) is 0 Å². The average Bonchev–Trinajstić information content (AvgIpc) is 2.33. The Morgan fingerprint density at radius 1 is 1.26 bits per heavy atom. The summed E-state index contributed by atoms with van der Waals surface area (Å²) in [6, 6.07) is 2.49. The van der Waals surface area contributed by atoms with Gasteiger partial charge in [0, 0.05) is 6.04 Å². The third-order valence-corrected chi connectivity index (χ3v) is 3.16. The zero-order valence-corrected chi connectivity index (χ0v) is 11.8. The number of ether oxygens (including phenoxy) is 1. The Morgan fingerprint density at radius 3 is 2.32 bits per heavy atom. The number of hydrogen-bond donors (Lipinski definition) is 1. The first kappa shape index (κ1) is 15.4. The van der Waals surface area contributed by atoms with Crippen LogP contribution in [0, 0.1) is 17.0 Å². The number of hydrogen-bond acceptors (Lipinski definition) is 3. The van der Waals surface area contributed by atoms with E-state index in [2.05, 4.69) is 10.1 Å². The number of benzene rings is 1. The molecule has 1 unspecified atom stereocenters. The molecule has 0 aliphatic heterocycles. The van der Waals surface area contributed by atoms with Crippen molar-refractivity contribution < 1.29 is 18.3 Å². The van der Waals surface area contributed by atoms with E-state index in [1.165, 1.54) is 12.1 Å². The van der Waals surface area contributed by atoms with Crippen molar-refractivity contribution in [2.45, 2.75) is 33.7 Å². The second-order valence-corrected chi connectivity index (χ2v) is 5.51. The summed E-state index contributed by atoms with van der Waals surface area (Å²) in [4.78, 5) is 11.2. The van der Waals surface area contributed by atoms with Gasteiger partial charge in [-0.25, -0.2) is 13.6 Å². The fourth-order valence-corrected chi connectivity index (χ4v) is 1.38. The molecule has 0 saturated carbocycles. The molecule has 5 heteroatoms. The third kappa shape index (κ3) is 3.43. The molecule has 106 valence electrons. The van der Waals surface area contributed by atoms with Gasteiger partial charge in [0.25, 0.3) is 0 Å². The minimum absolute atomic E-state index is 0.0348. The van der Waals surface area contributed by atoms with Crippen LogP contribution in [0.25, 0.3) is 0 Å². The molecule has 0 bridgehead atoms. The highest BCUT2D eigenvalue weighted by atomic mass is 19.2. The molecular formula is C14H19F2NO2. The van der Waals surface area contributed by atoms with Gasteiger partial charge < -0.3 is 10.1 Å². The number of anilines is 1. The van der Waals surface area contributed by atoms with Crippen molar-refractivity contribution in [1.82, 2.24) is 0 Å². The van der Waals surface area contributed by atoms with E-state index in [0.29, 0.717) is 0 Å². The Hall–Kier alpha value is -1.65. The largest absolute Gasteiger partial charge is 0.465 e. The number of esters is 1. The maximum Gasteiger partial charge on any atom is 0.340 e. The summed E-state index contributed by atoms with van der Waals surface area (Å²) < 4.78 is 32.0. The van der Waals surface area contributed by atoms with Crippen molar-refractivity contribution in [3.05, 3.63) is 29.3 Å². The molecular weight excluding hydrogens is 252 g/mol. The van der Waals surface area contributed by atoms with Crippen molar-refractivity contribution in [2.24, 2.45) is 5.41 Å². The molecule has 0 saturated heterocycles. The van der Waals surface area contributed by atoms with Gasteiger partial charge in [-0.2, -0.15) is 0 Å². The van der Waals surface area contributed by atoms with E-state index in [4.69, 9.17) is 0 Å². The first-order valence-corrected chi connectivity index (χ1v) is 6.01. The number of carbonyl (C=O) groups is 1. The molecule has 0 aromatic heterocycles. The molecule has 0 spiro atoms. The van der Waals surface area contributed by atoms with Gasteiger partial charge in [0.15, 0.2) is 11.6 Å². The van der Waals surface area contributed by atoms with Gasteiger partial charge in [0.05, 0.1) is 18.4 Å². The van der Waals surface area contributed by atoms with E-state index < -0.39 is 23.2 Å². The molecule has 1 rings (SSSR count). The normalized spacial score (nSPS) is 13.0. The lowest BCUT2D eigenvalue weighted by Gasteiger charge is -2.29. The minimum atomic E-state index is -1.20. The van der Waals surface area contributed by atoms with Crippen LogP contribution in [0.15, 0.2) is 12.1 Å². The summed E-state index contributed by atoms with van der Waals surface area (Å²) in [5.41, 5.74) is -0.481. The molecule has 1 atom stereocenters. The van der Waals surface area contributed by atoms with Crippen LogP contribution in [0.5, 0.6) is 0 Å². The Kier molecular flexibility index (Phi) is 4.50. The quantitative estimate of drug-likeness (QED) is 0.854. The molecule has 0 heterocycles. The van der Waals surface area contributed by atoms with Crippen molar-refractivity contribution in [2.75, 3.05) is 12.4 Å². The Bertz CT molecular complexity index is 481. The van der Waals surface area contributed by atoms with E-state index in [-0.39, 0.29) is 17.1 Å². The summed E-state index contributed by atoms with van der Waals surface area (Å²) in [5.74, 6) is -3.16. The minimum Gasteiger partial charge on any atom is -0.465 e. The van der Waals surface area contributed by atoms with Gasteiger partial charge in [-0.1, -0.05) is 20.8 Å². The second-order valence-electron chi connectivity index (χ2n) is 5.51. The lowest BCUT2D eigenvalue weighted by molar-refractivity contribution is 0.0594. The molecule has 1 aromatic rings. The molecule has 1 aromatic carbocycles. The SMILES string of the molecule is COC(=O)c1ccc(NC(C)C(C)(C)C)c(F)c1F. The summed E-state index contributed by atoms with van der Waals surface area (Å²) in [5, 5.41) is 2.91. The van der Waals surface area contributed by atoms with Crippen LogP contribution in [-0.4, -0.2) is 19.1 Å². The molecule has 19 heavy (non-hydrogen) atoms. The zero-order valence-electron chi connectivity index (χ0n) is 11.8. The summed E-state index contributed by atoms with van der Waals surface area (Å²) in [6.07, 6.45) is 0. The molecule has 0 fully saturated rings. The van der Waals surface area contributed by atoms with E-state index >= 15 is 0 Å². The van der Waals surface area contributed by atoms with Crippen LogP contribution in [0.3, 0.4) is 0 Å². The fourth-order valence-electron chi connectivity index (χ4n) is 1.38. The first-order chi connectivity index (χ1) is 8.68. The third-order valence-electron chi connectivity index (χ3n) is 3.16. The fraction of sp³-hybridized carbons (Fsp3) is 0.500. The Balaban J connectivity index is 3.07. The van der Waals surface area contributed by atoms with E-state index in [0.717, 1.165) is 7.11 Å². The standard InChI is InChI=1S/C14H19F2NO2/c1-8(14(2,3)4)17-10-7-6-9(13(18)19-5)11(15)12(10)16/h6-8,17H,1-5H3. The van der Waals surface area contributed by atoms with Crippen LogP contribution in [0.4, 0.5) is 14.5 Å². The van der Waals surface area contributed by atoms with Gasteiger partial charge in [0.1, 0.15) is 0 Å². The Morgan fingerprint density at radius 2 is 1.84 bits per heavy atom. The van der Waals surface area contributed by atoms with Gasteiger partial charge in [0.2, 0.25) is 0 Å². The van der Waals surface area contributed by atoms with Gasteiger partial charge >= 0.3 is 5.97 Å². The summed E-state index contributed by atoms with van der Waals surface area (Å²) in [6.45, 7) is 7.84. The predicted octanol–water partition coefficient (Wildman–Crippen LogP) is 3.60. The number of rotatable bonds is 3.